The van der Waals surface area contributed by atoms with Crippen molar-refractivity contribution in [1.29, 1.82) is 0 Å². The van der Waals surface area contributed by atoms with Crippen LogP contribution in [0.5, 0.6) is 0 Å². The SMILES string of the molecule is CCc1cccc(C)c1NC(=O)NCc1cccs1. The van der Waals surface area contributed by atoms with E-state index in [9.17, 15) is 4.79 Å². The molecule has 1 heterocycles. The Morgan fingerprint density at radius 2 is 2.11 bits per heavy atom. The molecule has 2 amide bonds. The van der Waals surface area contributed by atoms with Gasteiger partial charge in [0.25, 0.3) is 0 Å². The van der Waals surface area contributed by atoms with Gasteiger partial charge in [-0.3, -0.25) is 0 Å². The zero-order valence-electron chi connectivity index (χ0n) is 11.2. The Morgan fingerprint density at radius 1 is 1.26 bits per heavy atom. The number of hydrogen-bond acceptors (Lipinski definition) is 2. The first-order chi connectivity index (χ1) is 9.20. The van der Waals surface area contributed by atoms with Gasteiger partial charge in [-0.15, -0.1) is 11.3 Å². The van der Waals surface area contributed by atoms with E-state index in [0.717, 1.165) is 28.1 Å². The van der Waals surface area contributed by atoms with Crippen LogP contribution in [-0.2, 0) is 13.0 Å². The molecule has 1 aromatic heterocycles. The predicted molar refractivity (Wildman–Crippen MR) is 80.7 cm³/mol. The first kappa shape index (κ1) is 13.6. The Hall–Kier alpha value is -1.81. The second-order valence-electron chi connectivity index (χ2n) is 4.35. The van der Waals surface area contributed by atoms with E-state index in [1.165, 1.54) is 0 Å². The first-order valence-corrected chi connectivity index (χ1v) is 7.24. The molecule has 2 rings (SSSR count). The average Bonchev–Trinajstić information content (AvgIpc) is 2.92. The monoisotopic (exact) mass is 274 g/mol. The normalized spacial score (nSPS) is 10.2. The number of nitrogens with one attached hydrogen (secondary N) is 2. The highest BCUT2D eigenvalue weighted by atomic mass is 32.1. The van der Waals surface area contributed by atoms with Crippen LogP contribution in [-0.4, -0.2) is 6.03 Å². The van der Waals surface area contributed by atoms with Crippen molar-refractivity contribution in [2.45, 2.75) is 26.8 Å². The fraction of sp³-hybridized carbons (Fsp3) is 0.267. The lowest BCUT2D eigenvalue weighted by molar-refractivity contribution is 0.252. The molecule has 1 aromatic carbocycles. The van der Waals surface area contributed by atoms with Crippen LogP contribution in [0.15, 0.2) is 35.7 Å². The van der Waals surface area contributed by atoms with Crippen LogP contribution in [0, 0.1) is 6.92 Å². The molecule has 0 saturated heterocycles. The van der Waals surface area contributed by atoms with Gasteiger partial charge >= 0.3 is 6.03 Å². The number of rotatable bonds is 4. The number of aryl methyl sites for hydroxylation is 2. The molecule has 4 heteroatoms. The molecule has 0 radical (unpaired) electrons. The van der Waals surface area contributed by atoms with Crippen LogP contribution >= 0.6 is 11.3 Å². The van der Waals surface area contributed by atoms with Crippen LogP contribution in [0.3, 0.4) is 0 Å². The standard InChI is InChI=1S/C15H18N2OS/c1-3-12-7-4-6-11(2)14(12)17-15(18)16-10-13-8-5-9-19-13/h4-9H,3,10H2,1-2H3,(H2,16,17,18). The maximum absolute atomic E-state index is 11.9. The van der Waals surface area contributed by atoms with Crippen molar-refractivity contribution in [1.82, 2.24) is 5.32 Å². The lowest BCUT2D eigenvalue weighted by atomic mass is 10.1. The second-order valence-corrected chi connectivity index (χ2v) is 5.38. The van der Waals surface area contributed by atoms with Crippen molar-refractivity contribution in [2.24, 2.45) is 0 Å². The predicted octanol–water partition coefficient (Wildman–Crippen LogP) is 3.94. The first-order valence-electron chi connectivity index (χ1n) is 6.36. The zero-order chi connectivity index (χ0) is 13.7. The topological polar surface area (TPSA) is 41.1 Å². The summed E-state index contributed by atoms with van der Waals surface area (Å²) in [5.41, 5.74) is 3.17. The van der Waals surface area contributed by atoms with E-state index >= 15 is 0 Å². The summed E-state index contributed by atoms with van der Waals surface area (Å²) < 4.78 is 0. The lowest BCUT2D eigenvalue weighted by Crippen LogP contribution is -2.28. The maximum atomic E-state index is 11.9. The molecule has 0 aliphatic heterocycles. The van der Waals surface area contributed by atoms with Crippen molar-refractivity contribution in [3.63, 3.8) is 0 Å². The number of urea groups is 1. The van der Waals surface area contributed by atoms with Crippen molar-refractivity contribution in [2.75, 3.05) is 5.32 Å². The Morgan fingerprint density at radius 3 is 2.79 bits per heavy atom. The number of para-hydroxylation sites is 1. The van der Waals surface area contributed by atoms with Crippen LogP contribution in [0.2, 0.25) is 0 Å². The Bertz CT molecular complexity index is 549. The number of anilines is 1. The minimum Gasteiger partial charge on any atom is -0.333 e. The van der Waals surface area contributed by atoms with Crippen molar-refractivity contribution in [3.8, 4) is 0 Å². The molecule has 0 aliphatic rings. The summed E-state index contributed by atoms with van der Waals surface area (Å²) in [4.78, 5) is 13.1. The summed E-state index contributed by atoms with van der Waals surface area (Å²) in [7, 11) is 0. The molecular weight excluding hydrogens is 256 g/mol. The molecule has 100 valence electrons. The molecule has 2 aromatic rings. The molecule has 0 spiro atoms. The third-order valence-electron chi connectivity index (χ3n) is 2.98. The van der Waals surface area contributed by atoms with Gasteiger partial charge in [0, 0.05) is 10.6 Å². The minimum absolute atomic E-state index is 0.155. The molecule has 19 heavy (non-hydrogen) atoms. The van der Waals surface area contributed by atoms with Gasteiger partial charge in [0.15, 0.2) is 0 Å². The Balaban J connectivity index is 1.99. The molecule has 0 unspecified atom stereocenters. The quantitative estimate of drug-likeness (QED) is 0.871. The van der Waals surface area contributed by atoms with E-state index in [1.807, 2.05) is 42.6 Å². The van der Waals surface area contributed by atoms with E-state index in [4.69, 9.17) is 0 Å². The van der Waals surface area contributed by atoms with Crippen LogP contribution in [0.25, 0.3) is 0 Å². The summed E-state index contributed by atoms with van der Waals surface area (Å²) in [6.07, 6.45) is 0.905. The van der Waals surface area contributed by atoms with Gasteiger partial charge in [0.2, 0.25) is 0 Å². The second kappa shape index (κ2) is 6.38. The summed E-state index contributed by atoms with van der Waals surface area (Å²) in [6.45, 7) is 4.66. The lowest BCUT2D eigenvalue weighted by Gasteiger charge is -2.13. The molecule has 0 fully saturated rings. The maximum Gasteiger partial charge on any atom is 0.319 e. The van der Waals surface area contributed by atoms with Gasteiger partial charge in [-0.25, -0.2) is 4.79 Å². The molecule has 0 aliphatic carbocycles. The van der Waals surface area contributed by atoms with Gasteiger partial charge in [-0.1, -0.05) is 31.2 Å². The third-order valence-corrected chi connectivity index (χ3v) is 3.86. The Labute approximate surface area is 117 Å². The average molecular weight is 274 g/mol. The van der Waals surface area contributed by atoms with Gasteiger partial charge in [0.05, 0.1) is 6.54 Å². The smallest absolute Gasteiger partial charge is 0.319 e. The van der Waals surface area contributed by atoms with E-state index in [2.05, 4.69) is 17.6 Å². The molecule has 0 saturated carbocycles. The number of hydrogen-bond donors (Lipinski definition) is 2. The fourth-order valence-electron chi connectivity index (χ4n) is 1.94. The minimum atomic E-state index is -0.155. The number of amides is 2. The highest BCUT2D eigenvalue weighted by Crippen LogP contribution is 2.20. The molecular formula is C15H18N2OS. The van der Waals surface area contributed by atoms with Crippen LogP contribution < -0.4 is 10.6 Å². The molecule has 3 nitrogen and oxygen atoms in total. The largest absolute Gasteiger partial charge is 0.333 e. The van der Waals surface area contributed by atoms with Gasteiger partial charge in [-0.05, 0) is 35.9 Å². The summed E-state index contributed by atoms with van der Waals surface area (Å²) >= 11 is 1.64. The zero-order valence-corrected chi connectivity index (χ0v) is 12.0. The van der Waals surface area contributed by atoms with E-state index in [1.54, 1.807) is 11.3 Å². The van der Waals surface area contributed by atoms with Crippen LogP contribution in [0.1, 0.15) is 22.9 Å². The van der Waals surface area contributed by atoms with E-state index in [-0.39, 0.29) is 6.03 Å². The van der Waals surface area contributed by atoms with Crippen molar-refractivity contribution in [3.05, 3.63) is 51.7 Å². The number of thiophene rings is 1. The van der Waals surface area contributed by atoms with Gasteiger partial charge in [-0.2, -0.15) is 0 Å². The number of carbonyl (C=O) groups is 1. The summed E-state index contributed by atoms with van der Waals surface area (Å²) in [6, 6.07) is 9.91. The van der Waals surface area contributed by atoms with Crippen molar-refractivity contribution < 1.29 is 4.79 Å². The van der Waals surface area contributed by atoms with Gasteiger partial charge in [0.1, 0.15) is 0 Å². The molecule has 0 atom stereocenters. The summed E-state index contributed by atoms with van der Waals surface area (Å²) in [5.74, 6) is 0. The van der Waals surface area contributed by atoms with Crippen LogP contribution in [0.4, 0.5) is 10.5 Å². The fourth-order valence-corrected chi connectivity index (χ4v) is 2.58. The highest BCUT2D eigenvalue weighted by Gasteiger charge is 2.08. The van der Waals surface area contributed by atoms with Crippen molar-refractivity contribution >= 4 is 23.1 Å². The number of carbonyl (C=O) groups excluding carboxylic acids is 1. The Kier molecular flexibility index (Phi) is 4.58. The van der Waals surface area contributed by atoms with E-state index in [0.29, 0.717) is 6.54 Å². The highest BCUT2D eigenvalue weighted by molar-refractivity contribution is 7.09. The van der Waals surface area contributed by atoms with E-state index < -0.39 is 0 Å². The molecule has 0 bridgehead atoms. The molecule has 2 N–H and O–H groups in total. The number of benzene rings is 1. The summed E-state index contributed by atoms with van der Waals surface area (Å²) in [5, 5.41) is 7.82. The third kappa shape index (κ3) is 3.58. The van der Waals surface area contributed by atoms with Gasteiger partial charge < -0.3 is 10.6 Å².